The number of methoxy groups -OCH3 is 1. The maximum absolute atomic E-state index is 13.6. The highest BCUT2D eigenvalue weighted by Gasteiger charge is 2.43. The van der Waals surface area contributed by atoms with Crippen molar-refractivity contribution in [2.24, 2.45) is 5.10 Å². The zero-order valence-electron chi connectivity index (χ0n) is 24.4. The number of hydrazone groups is 1. The van der Waals surface area contributed by atoms with Gasteiger partial charge in [0.15, 0.2) is 11.5 Å². The molecule has 1 atom stereocenters. The SMILES string of the molecule is COc1cc(/C=N\NC(=O)[C@@H]2CN(S(=O)(=O)c3ccccc3)CCN2S(=O)(=O)c2ccccc2)ccc1OCc1ccccc1. The first-order chi connectivity index (χ1) is 21.7. The predicted octanol–water partition coefficient (Wildman–Crippen LogP) is 3.49. The second-order valence-electron chi connectivity index (χ2n) is 10.0. The van der Waals surface area contributed by atoms with Gasteiger partial charge in [0.2, 0.25) is 20.0 Å². The maximum atomic E-state index is 13.6. The molecular formula is C32H32N4O7S2. The molecule has 0 saturated carbocycles. The van der Waals surface area contributed by atoms with Crippen LogP contribution in [0.2, 0.25) is 0 Å². The van der Waals surface area contributed by atoms with Gasteiger partial charge in [-0.05, 0) is 53.6 Å². The van der Waals surface area contributed by atoms with E-state index in [-0.39, 0.29) is 22.9 Å². The van der Waals surface area contributed by atoms with E-state index in [1.165, 1.54) is 37.6 Å². The molecule has 4 aromatic carbocycles. The van der Waals surface area contributed by atoms with Crippen LogP contribution in [0.15, 0.2) is 124 Å². The average molecular weight is 649 g/mol. The summed E-state index contributed by atoms with van der Waals surface area (Å²) in [6.07, 6.45) is 1.37. The molecule has 1 amide bonds. The van der Waals surface area contributed by atoms with Crippen LogP contribution in [0.1, 0.15) is 11.1 Å². The first-order valence-corrected chi connectivity index (χ1v) is 16.9. The second kappa shape index (κ2) is 14.0. The molecule has 234 valence electrons. The number of benzene rings is 4. The highest BCUT2D eigenvalue weighted by Crippen LogP contribution is 2.29. The van der Waals surface area contributed by atoms with Crippen LogP contribution in [0.3, 0.4) is 0 Å². The molecule has 0 radical (unpaired) electrons. The normalized spacial score (nSPS) is 16.3. The van der Waals surface area contributed by atoms with Crippen LogP contribution >= 0.6 is 0 Å². The predicted molar refractivity (Wildman–Crippen MR) is 169 cm³/mol. The molecule has 45 heavy (non-hydrogen) atoms. The van der Waals surface area contributed by atoms with Gasteiger partial charge in [-0.15, -0.1) is 0 Å². The Kier molecular flexibility index (Phi) is 9.93. The summed E-state index contributed by atoms with van der Waals surface area (Å²) in [5, 5.41) is 4.04. The van der Waals surface area contributed by atoms with E-state index in [0.29, 0.717) is 23.7 Å². The number of amides is 1. The molecule has 0 aromatic heterocycles. The number of rotatable bonds is 11. The number of piperazine rings is 1. The minimum Gasteiger partial charge on any atom is -0.493 e. The number of carbonyl (C=O) groups is 1. The summed E-state index contributed by atoms with van der Waals surface area (Å²) in [6.45, 7) is -0.408. The molecule has 0 aliphatic carbocycles. The van der Waals surface area contributed by atoms with Gasteiger partial charge in [0.1, 0.15) is 12.6 Å². The number of hydrogen-bond donors (Lipinski definition) is 1. The number of hydrogen-bond acceptors (Lipinski definition) is 8. The van der Waals surface area contributed by atoms with Crippen LogP contribution in [-0.2, 0) is 31.4 Å². The van der Waals surface area contributed by atoms with Gasteiger partial charge in [0.25, 0.3) is 5.91 Å². The van der Waals surface area contributed by atoms with Crippen LogP contribution in [0.5, 0.6) is 11.5 Å². The summed E-state index contributed by atoms with van der Waals surface area (Å²) in [4.78, 5) is 13.5. The number of carbonyl (C=O) groups excluding carboxylic acids is 1. The molecule has 1 saturated heterocycles. The van der Waals surface area contributed by atoms with E-state index in [1.807, 2.05) is 30.3 Å². The minimum atomic E-state index is -4.14. The molecule has 1 heterocycles. The molecule has 1 fully saturated rings. The molecule has 5 rings (SSSR count). The van der Waals surface area contributed by atoms with E-state index in [1.54, 1.807) is 54.6 Å². The van der Waals surface area contributed by atoms with Crippen LogP contribution in [0.25, 0.3) is 0 Å². The van der Waals surface area contributed by atoms with Crippen molar-refractivity contribution in [2.75, 3.05) is 26.7 Å². The fraction of sp³-hybridized carbons (Fsp3) is 0.188. The smallest absolute Gasteiger partial charge is 0.259 e. The molecule has 4 aromatic rings. The van der Waals surface area contributed by atoms with Crippen molar-refractivity contribution in [3.63, 3.8) is 0 Å². The molecule has 1 aliphatic rings. The highest BCUT2D eigenvalue weighted by atomic mass is 32.2. The monoisotopic (exact) mass is 648 g/mol. The van der Waals surface area contributed by atoms with Gasteiger partial charge in [0.05, 0.1) is 23.1 Å². The largest absolute Gasteiger partial charge is 0.493 e. The van der Waals surface area contributed by atoms with E-state index in [9.17, 15) is 21.6 Å². The summed E-state index contributed by atoms with van der Waals surface area (Å²) in [5.41, 5.74) is 3.96. The Labute approximate surface area is 262 Å². The van der Waals surface area contributed by atoms with Gasteiger partial charge in [-0.2, -0.15) is 13.7 Å². The molecular weight excluding hydrogens is 617 g/mol. The standard InChI is InChI=1S/C32H32N4O7S2/c1-42-31-21-26(17-18-30(31)43-24-25-11-5-2-6-12-25)22-33-34-32(37)29-23-35(44(38,39)27-13-7-3-8-14-27)19-20-36(29)45(40,41)28-15-9-4-10-16-28/h2-18,21-22,29H,19-20,23-24H2,1H3,(H,34,37)/b33-22-/t29-/m0/s1. The van der Waals surface area contributed by atoms with Crippen molar-refractivity contribution in [3.05, 3.63) is 120 Å². The molecule has 13 heteroatoms. The van der Waals surface area contributed by atoms with E-state index in [0.717, 1.165) is 14.2 Å². The summed E-state index contributed by atoms with van der Waals surface area (Å²) < 4.78 is 67.4. The first kappa shape index (κ1) is 31.9. The van der Waals surface area contributed by atoms with Crippen molar-refractivity contribution >= 4 is 32.2 Å². The van der Waals surface area contributed by atoms with Crippen molar-refractivity contribution in [2.45, 2.75) is 22.4 Å². The van der Waals surface area contributed by atoms with Crippen LogP contribution in [-0.4, -0.2) is 70.4 Å². The topological polar surface area (TPSA) is 135 Å². The lowest BCUT2D eigenvalue weighted by molar-refractivity contribution is -0.125. The van der Waals surface area contributed by atoms with Crippen LogP contribution in [0.4, 0.5) is 0 Å². The van der Waals surface area contributed by atoms with Crippen molar-refractivity contribution in [3.8, 4) is 11.5 Å². The zero-order valence-corrected chi connectivity index (χ0v) is 26.0. The van der Waals surface area contributed by atoms with Gasteiger partial charge in [0, 0.05) is 19.6 Å². The Balaban J connectivity index is 1.34. The zero-order chi connectivity index (χ0) is 31.9. The van der Waals surface area contributed by atoms with E-state index >= 15 is 0 Å². The van der Waals surface area contributed by atoms with Crippen molar-refractivity contribution < 1.29 is 31.1 Å². The summed E-state index contributed by atoms with van der Waals surface area (Å²) >= 11 is 0. The molecule has 0 spiro atoms. The van der Waals surface area contributed by atoms with E-state index < -0.39 is 38.5 Å². The third kappa shape index (κ3) is 7.40. The second-order valence-corrected chi connectivity index (χ2v) is 13.9. The molecule has 0 bridgehead atoms. The fourth-order valence-corrected chi connectivity index (χ4v) is 7.84. The van der Waals surface area contributed by atoms with Crippen molar-refractivity contribution in [1.82, 2.24) is 14.0 Å². The number of nitrogens with one attached hydrogen (secondary N) is 1. The average Bonchev–Trinajstić information content (AvgIpc) is 3.08. The van der Waals surface area contributed by atoms with E-state index in [4.69, 9.17) is 9.47 Å². The highest BCUT2D eigenvalue weighted by molar-refractivity contribution is 7.89. The Bertz CT molecular complexity index is 1860. The Morgan fingerprint density at radius 1 is 0.822 bits per heavy atom. The quantitative estimate of drug-likeness (QED) is 0.194. The number of ether oxygens (including phenoxy) is 2. The minimum absolute atomic E-state index is 0.00710. The van der Waals surface area contributed by atoms with Crippen LogP contribution < -0.4 is 14.9 Å². The first-order valence-electron chi connectivity index (χ1n) is 14.0. The van der Waals surface area contributed by atoms with E-state index in [2.05, 4.69) is 10.5 Å². The summed E-state index contributed by atoms with van der Waals surface area (Å²) in [5.74, 6) is 0.190. The lowest BCUT2D eigenvalue weighted by Gasteiger charge is -2.38. The Morgan fingerprint density at radius 3 is 2.04 bits per heavy atom. The Hall–Kier alpha value is -4.56. The van der Waals surface area contributed by atoms with Crippen molar-refractivity contribution in [1.29, 1.82) is 0 Å². The number of nitrogens with zero attached hydrogens (tertiary/aromatic N) is 3. The number of sulfonamides is 2. The maximum Gasteiger partial charge on any atom is 0.259 e. The Morgan fingerprint density at radius 2 is 1.42 bits per heavy atom. The molecule has 1 aliphatic heterocycles. The fourth-order valence-electron chi connectivity index (χ4n) is 4.79. The third-order valence-electron chi connectivity index (χ3n) is 7.14. The lowest BCUT2D eigenvalue weighted by Crippen LogP contribution is -2.60. The van der Waals surface area contributed by atoms with Gasteiger partial charge >= 0.3 is 0 Å². The lowest BCUT2D eigenvalue weighted by atomic mass is 10.2. The molecule has 0 unspecified atom stereocenters. The van der Waals surface area contributed by atoms with Gasteiger partial charge in [-0.1, -0.05) is 66.7 Å². The van der Waals surface area contributed by atoms with Crippen LogP contribution in [0, 0.1) is 0 Å². The van der Waals surface area contributed by atoms with Gasteiger partial charge in [-0.3, -0.25) is 4.79 Å². The molecule has 11 nitrogen and oxygen atoms in total. The summed E-state index contributed by atoms with van der Waals surface area (Å²) in [7, 11) is -6.62. The third-order valence-corrected chi connectivity index (χ3v) is 10.9. The van der Waals surface area contributed by atoms with Gasteiger partial charge < -0.3 is 9.47 Å². The summed E-state index contributed by atoms with van der Waals surface area (Å²) in [6, 6.07) is 28.9. The van der Waals surface area contributed by atoms with Gasteiger partial charge in [-0.25, -0.2) is 22.3 Å². The molecule has 1 N–H and O–H groups in total.